The Morgan fingerprint density at radius 3 is 2.32 bits per heavy atom. The summed E-state index contributed by atoms with van der Waals surface area (Å²) in [6, 6.07) is 6.53. The first-order valence-electron chi connectivity index (χ1n) is 7.20. The molecule has 22 heavy (non-hydrogen) atoms. The third kappa shape index (κ3) is 4.07. The molecule has 0 saturated heterocycles. The third-order valence-corrected chi connectivity index (χ3v) is 3.87. The number of carboxylic acids is 1. The highest BCUT2D eigenvalue weighted by Crippen LogP contribution is 2.51. The number of rotatable bonds is 6. The minimum absolute atomic E-state index is 0.00339. The molecular formula is C16H20N2O4. The van der Waals surface area contributed by atoms with Gasteiger partial charge in [-0.2, -0.15) is 0 Å². The molecule has 2 amide bonds. The molecule has 0 radical (unpaired) electrons. The zero-order valence-electron chi connectivity index (χ0n) is 12.7. The van der Waals surface area contributed by atoms with Crippen molar-refractivity contribution in [1.82, 2.24) is 5.32 Å². The number of hydrogen-bond acceptors (Lipinski definition) is 3. The number of benzene rings is 1. The molecule has 0 aromatic heterocycles. The summed E-state index contributed by atoms with van der Waals surface area (Å²) in [5.74, 6) is -1.24. The van der Waals surface area contributed by atoms with Crippen LogP contribution >= 0.6 is 0 Å². The largest absolute Gasteiger partial charge is 0.481 e. The molecule has 0 bridgehead atoms. The molecule has 1 saturated carbocycles. The van der Waals surface area contributed by atoms with Gasteiger partial charge >= 0.3 is 5.97 Å². The minimum atomic E-state index is -0.957. The van der Waals surface area contributed by atoms with Crippen LogP contribution in [0.2, 0.25) is 0 Å². The molecular weight excluding hydrogens is 284 g/mol. The summed E-state index contributed by atoms with van der Waals surface area (Å²) in [4.78, 5) is 34.1. The minimum Gasteiger partial charge on any atom is -0.481 e. The molecule has 1 aliphatic carbocycles. The van der Waals surface area contributed by atoms with E-state index in [2.05, 4.69) is 24.5 Å². The molecule has 2 rings (SSSR count). The van der Waals surface area contributed by atoms with Gasteiger partial charge in [-0.15, -0.1) is 0 Å². The van der Waals surface area contributed by atoms with Crippen LogP contribution in [0, 0.1) is 11.3 Å². The van der Waals surface area contributed by atoms with E-state index in [-0.39, 0.29) is 36.1 Å². The van der Waals surface area contributed by atoms with Crippen molar-refractivity contribution in [2.24, 2.45) is 11.3 Å². The predicted octanol–water partition coefficient (Wildman–Crippen LogP) is 1.88. The van der Waals surface area contributed by atoms with Crippen molar-refractivity contribution in [3.05, 3.63) is 29.8 Å². The average Bonchev–Trinajstić information content (AvgIpc) is 3.08. The third-order valence-electron chi connectivity index (χ3n) is 3.87. The number of amides is 2. The fourth-order valence-electron chi connectivity index (χ4n) is 2.23. The number of carboxylic acid groups (broad SMARTS) is 1. The van der Waals surface area contributed by atoms with Gasteiger partial charge in [0, 0.05) is 23.7 Å². The summed E-state index contributed by atoms with van der Waals surface area (Å²) in [7, 11) is 0. The van der Waals surface area contributed by atoms with E-state index in [9.17, 15) is 14.4 Å². The number of carbonyl (C=O) groups excluding carboxylic acids is 2. The Kier molecular flexibility index (Phi) is 4.49. The summed E-state index contributed by atoms with van der Waals surface area (Å²) < 4.78 is 0. The second-order valence-electron chi connectivity index (χ2n) is 6.21. The summed E-state index contributed by atoms with van der Waals surface area (Å²) in [5.41, 5.74) is 1.15. The monoisotopic (exact) mass is 304 g/mol. The summed E-state index contributed by atoms with van der Waals surface area (Å²) in [6.07, 6.45) is 0.778. The van der Waals surface area contributed by atoms with Gasteiger partial charge in [-0.1, -0.05) is 13.8 Å². The van der Waals surface area contributed by atoms with Crippen molar-refractivity contribution in [3.63, 3.8) is 0 Å². The lowest BCUT2D eigenvalue weighted by Gasteiger charge is -2.08. The molecule has 118 valence electrons. The van der Waals surface area contributed by atoms with Crippen molar-refractivity contribution >= 4 is 23.5 Å². The Balaban J connectivity index is 1.86. The van der Waals surface area contributed by atoms with Gasteiger partial charge < -0.3 is 15.7 Å². The first-order valence-corrected chi connectivity index (χ1v) is 7.20. The molecule has 3 N–H and O–H groups in total. The van der Waals surface area contributed by atoms with Gasteiger partial charge in [0.05, 0.1) is 6.42 Å². The first-order chi connectivity index (χ1) is 10.3. The van der Waals surface area contributed by atoms with Crippen LogP contribution in [0.5, 0.6) is 0 Å². The topological polar surface area (TPSA) is 95.5 Å². The molecule has 6 nitrogen and oxygen atoms in total. The highest BCUT2D eigenvalue weighted by Gasteiger charge is 2.50. The number of carbonyl (C=O) groups is 3. The molecule has 0 heterocycles. The molecule has 1 aromatic rings. The standard InChI is InChI=1S/C16H20N2O4/c1-16(2)9-12(16)15(22)18-11-5-3-10(4-6-11)14(21)17-8-7-13(19)20/h3-6,12H,7-9H2,1-2H3,(H,17,21)(H,18,22)(H,19,20)/t12-/m1/s1. The van der Waals surface area contributed by atoms with Gasteiger partial charge in [0.15, 0.2) is 0 Å². The van der Waals surface area contributed by atoms with E-state index in [1.807, 2.05) is 0 Å². The van der Waals surface area contributed by atoms with Crippen LogP contribution in [-0.2, 0) is 9.59 Å². The maximum absolute atomic E-state index is 12.0. The van der Waals surface area contributed by atoms with E-state index < -0.39 is 5.97 Å². The van der Waals surface area contributed by atoms with E-state index in [4.69, 9.17) is 5.11 Å². The Labute approximate surface area is 128 Å². The Morgan fingerprint density at radius 2 is 1.82 bits per heavy atom. The van der Waals surface area contributed by atoms with Gasteiger partial charge in [0.25, 0.3) is 5.91 Å². The molecule has 6 heteroatoms. The van der Waals surface area contributed by atoms with Crippen LogP contribution in [-0.4, -0.2) is 29.4 Å². The zero-order chi connectivity index (χ0) is 16.3. The van der Waals surface area contributed by atoms with Crippen LogP contribution < -0.4 is 10.6 Å². The normalized spacial score (nSPS) is 18.4. The molecule has 1 fully saturated rings. The SMILES string of the molecule is CC1(C)C[C@@H]1C(=O)Nc1ccc(C(=O)NCCC(=O)O)cc1. The Morgan fingerprint density at radius 1 is 1.23 bits per heavy atom. The van der Waals surface area contributed by atoms with Gasteiger partial charge in [-0.05, 0) is 36.1 Å². The summed E-state index contributed by atoms with van der Waals surface area (Å²) in [5, 5.41) is 13.9. The number of anilines is 1. The number of hydrogen-bond donors (Lipinski definition) is 3. The lowest BCUT2D eigenvalue weighted by Crippen LogP contribution is -2.26. The van der Waals surface area contributed by atoms with Crippen LogP contribution in [0.3, 0.4) is 0 Å². The summed E-state index contributed by atoms with van der Waals surface area (Å²) >= 11 is 0. The molecule has 1 aromatic carbocycles. The maximum atomic E-state index is 12.0. The lowest BCUT2D eigenvalue weighted by atomic mass is 10.1. The van der Waals surface area contributed by atoms with Crippen LogP contribution in [0.4, 0.5) is 5.69 Å². The van der Waals surface area contributed by atoms with Crippen molar-refractivity contribution in [1.29, 1.82) is 0 Å². The van der Waals surface area contributed by atoms with E-state index in [0.717, 1.165) is 6.42 Å². The molecule has 0 aliphatic heterocycles. The second-order valence-corrected chi connectivity index (χ2v) is 6.21. The van der Waals surface area contributed by atoms with Gasteiger partial charge in [-0.25, -0.2) is 0 Å². The van der Waals surface area contributed by atoms with Crippen LogP contribution in [0.15, 0.2) is 24.3 Å². The second kappa shape index (κ2) is 6.17. The Bertz CT molecular complexity index is 593. The summed E-state index contributed by atoms with van der Waals surface area (Å²) in [6.45, 7) is 4.20. The predicted molar refractivity (Wildman–Crippen MR) is 81.5 cm³/mol. The highest BCUT2D eigenvalue weighted by molar-refractivity contribution is 5.97. The number of aliphatic carboxylic acids is 1. The van der Waals surface area contributed by atoms with Crippen molar-refractivity contribution in [3.8, 4) is 0 Å². The first kappa shape index (κ1) is 16.0. The molecule has 1 aliphatic rings. The maximum Gasteiger partial charge on any atom is 0.305 e. The van der Waals surface area contributed by atoms with Gasteiger partial charge in [-0.3, -0.25) is 14.4 Å². The van der Waals surface area contributed by atoms with Crippen molar-refractivity contribution in [2.75, 3.05) is 11.9 Å². The molecule has 1 atom stereocenters. The number of nitrogens with one attached hydrogen (secondary N) is 2. The fourth-order valence-corrected chi connectivity index (χ4v) is 2.23. The van der Waals surface area contributed by atoms with Crippen LogP contribution in [0.25, 0.3) is 0 Å². The van der Waals surface area contributed by atoms with E-state index in [0.29, 0.717) is 11.3 Å². The van der Waals surface area contributed by atoms with Crippen molar-refractivity contribution < 1.29 is 19.5 Å². The van der Waals surface area contributed by atoms with Crippen molar-refractivity contribution in [2.45, 2.75) is 26.7 Å². The fraction of sp³-hybridized carbons (Fsp3) is 0.438. The smallest absolute Gasteiger partial charge is 0.305 e. The molecule has 0 unspecified atom stereocenters. The quantitative estimate of drug-likeness (QED) is 0.747. The van der Waals surface area contributed by atoms with E-state index >= 15 is 0 Å². The Hall–Kier alpha value is -2.37. The zero-order valence-corrected chi connectivity index (χ0v) is 12.7. The van der Waals surface area contributed by atoms with Gasteiger partial charge in [0.2, 0.25) is 5.91 Å². The average molecular weight is 304 g/mol. The van der Waals surface area contributed by atoms with E-state index in [1.165, 1.54) is 0 Å². The van der Waals surface area contributed by atoms with Crippen LogP contribution in [0.1, 0.15) is 37.0 Å². The van der Waals surface area contributed by atoms with E-state index in [1.54, 1.807) is 24.3 Å². The van der Waals surface area contributed by atoms with Gasteiger partial charge in [0.1, 0.15) is 0 Å². The highest BCUT2D eigenvalue weighted by atomic mass is 16.4. The lowest BCUT2D eigenvalue weighted by molar-refractivity contribution is -0.136. The molecule has 0 spiro atoms.